The molecule has 0 aromatic heterocycles. The lowest BCUT2D eigenvalue weighted by atomic mass is 10.1. The third kappa shape index (κ3) is 5.21. The highest BCUT2D eigenvalue weighted by Gasteiger charge is 2.34. The second-order valence-electron chi connectivity index (χ2n) is 6.42. The molecular formula is C20H29NO4. The van der Waals surface area contributed by atoms with Crippen LogP contribution in [0.1, 0.15) is 62.4 Å². The van der Waals surface area contributed by atoms with Gasteiger partial charge < -0.3 is 14.4 Å². The van der Waals surface area contributed by atoms with Crippen molar-refractivity contribution in [1.82, 2.24) is 4.90 Å². The van der Waals surface area contributed by atoms with Gasteiger partial charge in [-0.3, -0.25) is 0 Å². The number of nitrogens with zero attached hydrogens (tertiary/aromatic N) is 1. The number of ether oxygens (including phenoxy) is 2. The number of esters is 1. The quantitative estimate of drug-likeness (QED) is 0.694. The SMILES string of the molecule is CCCc1ccc(C(=O)OC2CCCC2OC(=O)N(CC)CC)cc1. The summed E-state index contributed by atoms with van der Waals surface area (Å²) >= 11 is 0. The Morgan fingerprint density at radius 1 is 1.00 bits per heavy atom. The van der Waals surface area contributed by atoms with Crippen molar-refractivity contribution in [3.8, 4) is 0 Å². The summed E-state index contributed by atoms with van der Waals surface area (Å²) in [5, 5.41) is 0. The van der Waals surface area contributed by atoms with Gasteiger partial charge in [0.25, 0.3) is 0 Å². The fourth-order valence-corrected chi connectivity index (χ4v) is 3.15. The molecule has 0 aliphatic heterocycles. The largest absolute Gasteiger partial charge is 0.455 e. The Labute approximate surface area is 150 Å². The molecule has 1 aliphatic rings. The number of hydrogen-bond donors (Lipinski definition) is 0. The molecular weight excluding hydrogens is 318 g/mol. The monoisotopic (exact) mass is 347 g/mol. The molecule has 1 aliphatic carbocycles. The second-order valence-corrected chi connectivity index (χ2v) is 6.42. The topological polar surface area (TPSA) is 55.8 Å². The van der Waals surface area contributed by atoms with Crippen LogP contribution < -0.4 is 0 Å². The average Bonchev–Trinajstić information content (AvgIpc) is 3.03. The minimum absolute atomic E-state index is 0.332. The summed E-state index contributed by atoms with van der Waals surface area (Å²) in [6, 6.07) is 7.54. The van der Waals surface area contributed by atoms with Gasteiger partial charge in [0.2, 0.25) is 0 Å². The molecule has 25 heavy (non-hydrogen) atoms. The van der Waals surface area contributed by atoms with Crippen LogP contribution >= 0.6 is 0 Å². The maximum Gasteiger partial charge on any atom is 0.410 e. The van der Waals surface area contributed by atoms with E-state index in [1.54, 1.807) is 17.0 Å². The number of benzene rings is 1. The molecule has 1 amide bonds. The van der Waals surface area contributed by atoms with Crippen molar-refractivity contribution in [1.29, 1.82) is 0 Å². The van der Waals surface area contributed by atoms with Crippen molar-refractivity contribution < 1.29 is 19.1 Å². The molecule has 2 rings (SSSR count). The summed E-state index contributed by atoms with van der Waals surface area (Å²) in [7, 11) is 0. The van der Waals surface area contributed by atoms with Crippen LogP contribution in [0, 0.1) is 0 Å². The highest BCUT2D eigenvalue weighted by atomic mass is 16.6. The summed E-state index contributed by atoms with van der Waals surface area (Å²) in [6.07, 6.45) is 3.40. The number of aryl methyl sites for hydroxylation is 1. The first-order chi connectivity index (χ1) is 12.1. The molecule has 2 atom stereocenters. The molecule has 0 bridgehead atoms. The van der Waals surface area contributed by atoms with Gasteiger partial charge in [-0.15, -0.1) is 0 Å². The summed E-state index contributed by atoms with van der Waals surface area (Å²) < 4.78 is 11.2. The van der Waals surface area contributed by atoms with Crippen LogP contribution in [0.25, 0.3) is 0 Å². The predicted octanol–water partition coefficient (Wildman–Crippen LogP) is 4.20. The highest BCUT2D eigenvalue weighted by molar-refractivity contribution is 5.89. The van der Waals surface area contributed by atoms with Crippen molar-refractivity contribution in [2.24, 2.45) is 0 Å². The Hall–Kier alpha value is -2.04. The fourth-order valence-electron chi connectivity index (χ4n) is 3.15. The summed E-state index contributed by atoms with van der Waals surface area (Å²) in [5.41, 5.74) is 1.76. The van der Waals surface area contributed by atoms with Gasteiger partial charge in [-0.2, -0.15) is 0 Å². The molecule has 0 spiro atoms. The Balaban J connectivity index is 1.93. The van der Waals surface area contributed by atoms with E-state index in [9.17, 15) is 9.59 Å². The van der Waals surface area contributed by atoms with Crippen LogP contribution in [-0.4, -0.2) is 42.3 Å². The molecule has 0 radical (unpaired) electrons. The van der Waals surface area contributed by atoms with Crippen LogP contribution in [0.4, 0.5) is 4.79 Å². The number of carbonyl (C=O) groups is 2. The van der Waals surface area contributed by atoms with E-state index in [4.69, 9.17) is 9.47 Å². The normalized spacial score (nSPS) is 19.5. The predicted molar refractivity (Wildman–Crippen MR) is 96.7 cm³/mol. The minimum Gasteiger partial charge on any atom is -0.455 e. The molecule has 0 saturated heterocycles. The summed E-state index contributed by atoms with van der Waals surface area (Å²) in [4.78, 5) is 26.1. The molecule has 138 valence electrons. The van der Waals surface area contributed by atoms with Gasteiger partial charge >= 0.3 is 12.1 Å². The third-order valence-electron chi connectivity index (χ3n) is 4.65. The van der Waals surface area contributed by atoms with E-state index in [0.717, 1.165) is 32.1 Å². The van der Waals surface area contributed by atoms with E-state index in [1.165, 1.54) is 5.56 Å². The number of carbonyl (C=O) groups excluding carboxylic acids is 2. The molecule has 2 unspecified atom stereocenters. The van der Waals surface area contributed by atoms with E-state index >= 15 is 0 Å². The Morgan fingerprint density at radius 3 is 2.16 bits per heavy atom. The van der Waals surface area contributed by atoms with Crippen molar-refractivity contribution in [2.45, 2.75) is 65.1 Å². The van der Waals surface area contributed by atoms with Crippen LogP contribution in [0.15, 0.2) is 24.3 Å². The maximum absolute atomic E-state index is 12.4. The van der Waals surface area contributed by atoms with Gasteiger partial charge in [0.15, 0.2) is 0 Å². The first kappa shape index (κ1) is 19.3. The van der Waals surface area contributed by atoms with Gasteiger partial charge in [0.05, 0.1) is 5.56 Å². The van der Waals surface area contributed by atoms with Gasteiger partial charge in [-0.1, -0.05) is 25.5 Å². The smallest absolute Gasteiger partial charge is 0.410 e. The third-order valence-corrected chi connectivity index (χ3v) is 4.65. The molecule has 1 aromatic rings. The lowest BCUT2D eigenvalue weighted by Crippen LogP contribution is -2.37. The van der Waals surface area contributed by atoms with E-state index in [-0.39, 0.29) is 24.3 Å². The zero-order valence-corrected chi connectivity index (χ0v) is 15.5. The molecule has 0 heterocycles. The number of rotatable bonds is 7. The molecule has 5 nitrogen and oxygen atoms in total. The number of hydrogen-bond acceptors (Lipinski definition) is 4. The van der Waals surface area contributed by atoms with E-state index in [2.05, 4.69) is 6.92 Å². The van der Waals surface area contributed by atoms with Gasteiger partial charge in [-0.25, -0.2) is 9.59 Å². The summed E-state index contributed by atoms with van der Waals surface area (Å²) in [6.45, 7) is 7.17. The van der Waals surface area contributed by atoms with Crippen LogP contribution in [0.2, 0.25) is 0 Å². The first-order valence-electron chi connectivity index (χ1n) is 9.34. The van der Waals surface area contributed by atoms with Crippen molar-refractivity contribution in [3.05, 3.63) is 35.4 Å². The van der Waals surface area contributed by atoms with E-state index in [0.29, 0.717) is 18.7 Å². The van der Waals surface area contributed by atoms with E-state index < -0.39 is 0 Å². The van der Waals surface area contributed by atoms with Crippen molar-refractivity contribution in [2.75, 3.05) is 13.1 Å². The zero-order chi connectivity index (χ0) is 18.2. The second kappa shape index (κ2) is 9.44. The Morgan fingerprint density at radius 2 is 1.60 bits per heavy atom. The van der Waals surface area contributed by atoms with Crippen LogP contribution in [0.3, 0.4) is 0 Å². The molecule has 0 N–H and O–H groups in total. The molecule has 1 saturated carbocycles. The minimum atomic E-state index is -0.359. The molecule has 5 heteroatoms. The van der Waals surface area contributed by atoms with Gasteiger partial charge in [-0.05, 0) is 57.2 Å². The van der Waals surface area contributed by atoms with Crippen molar-refractivity contribution >= 4 is 12.1 Å². The first-order valence-corrected chi connectivity index (χ1v) is 9.34. The lowest BCUT2D eigenvalue weighted by molar-refractivity contribution is -0.0196. The lowest BCUT2D eigenvalue weighted by Gasteiger charge is -2.24. The number of amides is 1. The maximum atomic E-state index is 12.4. The fraction of sp³-hybridized carbons (Fsp3) is 0.600. The molecule has 1 fully saturated rings. The van der Waals surface area contributed by atoms with Crippen LogP contribution in [0.5, 0.6) is 0 Å². The van der Waals surface area contributed by atoms with Crippen molar-refractivity contribution in [3.63, 3.8) is 0 Å². The van der Waals surface area contributed by atoms with E-state index in [1.807, 2.05) is 26.0 Å². The standard InChI is InChI=1S/C20H29NO4/c1-4-8-15-11-13-16(14-12-15)19(22)24-17-9-7-10-18(17)25-20(23)21(5-2)6-3/h11-14,17-18H,4-10H2,1-3H3. The Kier molecular flexibility index (Phi) is 7.29. The zero-order valence-electron chi connectivity index (χ0n) is 15.5. The Bertz CT molecular complexity index is 566. The van der Waals surface area contributed by atoms with Gasteiger partial charge in [0, 0.05) is 13.1 Å². The highest BCUT2D eigenvalue weighted by Crippen LogP contribution is 2.26. The average molecular weight is 347 g/mol. The molecule has 1 aromatic carbocycles. The van der Waals surface area contributed by atoms with Crippen LogP contribution in [-0.2, 0) is 15.9 Å². The summed E-state index contributed by atoms with van der Waals surface area (Å²) in [5.74, 6) is -0.348. The van der Waals surface area contributed by atoms with Gasteiger partial charge in [0.1, 0.15) is 12.2 Å².